The summed E-state index contributed by atoms with van der Waals surface area (Å²) in [6.45, 7) is 0.294. The van der Waals surface area contributed by atoms with Crippen molar-refractivity contribution in [2.75, 3.05) is 31.2 Å². The number of rotatable bonds is 4. The second-order valence-corrected chi connectivity index (χ2v) is 4.12. The van der Waals surface area contributed by atoms with Gasteiger partial charge in [-0.2, -0.15) is 0 Å². The Morgan fingerprint density at radius 3 is 3.00 bits per heavy atom. The molecule has 0 spiro atoms. The zero-order chi connectivity index (χ0) is 13.7. The first-order chi connectivity index (χ1) is 9.22. The lowest BCUT2D eigenvalue weighted by atomic mass is 10.2. The van der Waals surface area contributed by atoms with Crippen LogP contribution in [0, 0.1) is 0 Å². The van der Waals surface area contributed by atoms with Gasteiger partial charge in [0.05, 0.1) is 25.3 Å². The lowest BCUT2D eigenvalue weighted by Gasteiger charge is -2.21. The first-order valence-electron chi connectivity index (χ1n) is 6.12. The highest BCUT2D eigenvalue weighted by Gasteiger charge is 2.24. The molecule has 2 amide bonds. The van der Waals surface area contributed by atoms with Crippen LogP contribution in [0.15, 0.2) is 24.3 Å². The van der Waals surface area contributed by atoms with Crippen LogP contribution in [0.25, 0.3) is 0 Å². The Kier molecular flexibility index (Phi) is 4.35. The highest BCUT2D eigenvalue weighted by Crippen LogP contribution is 2.30. The molecule has 1 aromatic carbocycles. The summed E-state index contributed by atoms with van der Waals surface area (Å²) in [4.78, 5) is 25.1. The van der Waals surface area contributed by atoms with Crippen molar-refractivity contribution in [2.45, 2.75) is 6.42 Å². The van der Waals surface area contributed by atoms with Gasteiger partial charge in [-0.15, -0.1) is 0 Å². The van der Waals surface area contributed by atoms with Gasteiger partial charge in [-0.25, -0.2) is 0 Å². The molecular formula is C13H16N2O4. The second kappa shape index (κ2) is 6.19. The molecule has 19 heavy (non-hydrogen) atoms. The Balaban J connectivity index is 2.17. The summed E-state index contributed by atoms with van der Waals surface area (Å²) in [7, 11) is 0. The van der Waals surface area contributed by atoms with E-state index in [4.69, 9.17) is 9.84 Å². The van der Waals surface area contributed by atoms with Crippen LogP contribution >= 0.6 is 0 Å². The van der Waals surface area contributed by atoms with Crippen LogP contribution in [-0.2, 0) is 9.59 Å². The molecule has 1 aliphatic rings. The molecule has 1 aromatic rings. The molecule has 0 radical (unpaired) electrons. The van der Waals surface area contributed by atoms with Crippen LogP contribution in [0.1, 0.15) is 6.42 Å². The van der Waals surface area contributed by atoms with Crippen LogP contribution in [0.2, 0.25) is 0 Å². The highest BCUT2D eigenvalue weighted by atomic mass is 16.5. The number of amides is 2. The molecule has 2 rings (SSSR count). The molecule has 0 aromatic heterocycles. The Hall–Kier alpha value is -2.08. The number of hydrogen-bond donors (Lipinski definition) is 2. The number of carbonyl (C=O) groups is 2. The zero-order valence-electron chi connectivity index (χ0n) is 10.5. The van der Waals surface area contributed by atoms with Gasteiger partial charge < -0.3 is 15.2 Å². The monoisotopic (exact) mass is 264 g/mol. The predicted octanol–water partition coefficient (Wildman–Crippen LogP) is -0.0894. The lowest BCUT2D eigenvalue weighted by Crippen LogP contribution is -2.41. The minimum absolute atomic E-state index is 0.0702. The third-order valence-corrected chi connectivity index (χ3v) is 2.77. The topological polar surface area (TPSA) is 78.9 Å². The predicted molar refractivity (Wildman–Crippen MR) is 69.0 cm³/mol. The van der Waals surface area contributed by atoms with Crippen molar-refractivity contribution in [3.05, 3.63) is 24.3 Å². The molecule has 6 heteroatoms. The maximum Gasteiger partial charge on any atom is 0.240 e. The number of benzene rings is 1. The molecule has 1 heterocycles. The van der Waals surface area contributed by atoms with E-state index in [-0.39, 0.29) is 37.9 Å². The van der Waals surface area contributed by atoms with Gasteiger partial charge in [0, 0.05) is 6.54 Å². The molecule has 1 aliphatic heterocycles. The van der Waals surface area contributed by atoms with Crippen molar-refractivity contribution in [3.8, 4) is 5.75 Å². The summed E-state index contributed by atoms with van der Waals surface area (Å²) >= 11 is 0. The van der Waals surface area contributed by atoms with Gasteiger partial charge in [0.15, 0.2) is 0 Å². The highest BCUT2D eigenvalue weighted by molar-refractivity contribution is 6.00. The molecule has 0 fully saturated rings. The zero-order valence-corrected chi connectivity index (χ0v) is 10.5. The van der Waals surface area contributed by atoms with Crippen LogP contribution in [0.3, 0.4) is 0 Å². The standard InChI is InChI=1S/C13H16N2O4/c16-7-6-14-12(17)9-15-10-3-1-2-4-11(10)19-8-5-13(15)18/h1-4,16H,5-9H2,(H,14,17). The van der Waals surface area contributed by atoms with E-state index in [2.05, 4.69) is 5.32 Å². The van der Waals surface area contributed by atoms with Crippen molar-refractivity contribution in [2.24, 2.45) is 0 Å². The Bertz CT molecular complexity index is 475. The minimum atomic E-state index is -0.306. The summed E-state index contributed by atoms with van der Waals surface area (Å²) in [5.74, 6) is 0.145. The molecule has 2 N–H and O–H groups in total. The van der Waals surface area contributed by atoms with E-state index in [1.54, 1.807) is 18.2 Å². The summed E-state index contributed by atoms with van der Waals surface area (Å²) in [6, 6.07) is 7.13. The molecule has 0 aliphatic carbocycles. The number of ether oxygens (including phenoxy) is 1. The summed E-state index contributed by atoms with van der Waals surface area (Å²) in [5, 5.41) is 11.2. The third-order valence-electron chi connectivity index (χ3n) is 2.77. The van der Waals surface area contributed by atoms with E-state index in [1.807, 2.05) is 6.07 Å². The van der Waals surface area contributed by atoms with Gasteiger partial charge in [0.25, 0.3) is 0 Å². The van der Waals surface area contributed by atoms with Crippen LogP contribution in [-0.4, -0.2) is 43.2 Å². The number of anilines is 1. The van der Waals surface area contributed by atoms with E-state index >= 15 is 0 Å². The van der Waals surface area contributed by atoms with E-state index in [0.29, 0.717) is 18.0 Å². The van der Waals surface area contributed by atoms with Gasteiger partial charge in [0.2, 0.25) is 11.8 Å². The van der Waals surface area contributed by atoms with Gasteiger partial charge in [-0.05, 0) is 12.1 Å². The molecular weight excluding hydrogens is 248 g/mol. The molecule has 102 valence electrons. The Labute approximate surface area is 111 Å². The minimum Gasteiger partial charge on any atom is -0.491 e. The fourth-order valence-corrected chi connectivity index (χ4v) is 1.89. The third kappa shape index (κ3) is 3.23. The number of carbonyl (C=O) groups excluding carboxylic acids is 2. The first-order valence-corrected chi connectivity index (χ1v) is 6.12. The SMILES string of the molecule is O=C(CN1C(=O)CCOc2ccccc21)NCCO. The van der Waals surface area contributed by atoms with Crippen molar-refractivity contribution in [3.63, 3.8) is 0 Å². The maximum atomic E-state index is 12.0. The number of nitrogens with one attached hydrogen (secondary N) is 1. The maximum absolute atomic E-state index is 12.0. The normalized spacial score (nSPS) is 14.4. The molecule has 0 atom stereocenters. The quantitative estimate of drug-likeness (QED) is 0.796. The van der Waals surface area contributed by atoms with Crippen molar-refractivity contribution in [1.82, 2.24) is 5.32 Å². The van der Waals surface area contributed by atoms with Crippen molar-refractivity contribution in [1.29, 1.82) is 0 Å². The Morgan fingerprint density at radius 2 is 2.21 bits per heavy atom. The van der Waals surface area contributed by atoms with Crippen molar-refractivity contribution < 1.29 is 19.4 Å². The fourth-order valence-electron chi connectivity index (χ4n) is 1.89. The lowest BCUT2D eigenvalue weighted by molar-refractivity contribution is -0.124. The van der Waals surface area contributed by atoms with E-state index in [9.17, 15) is 9.59 Å². The molecule has 0 unspecified atom stereocenters. The number of aliphatic hydroxyl groups excluding tert-OH is 1. The van der Waals surface area contributed by atoms with Crippen LogP contribution in [0.4, 0.5) is 5.69 Å². The second-order valence-electron chi connectivity index (χ2n) is 4.12. The smallest absolute Gasteiger partial charge is 0.240 e. The first kappa shape index (κ1) is 13.4. The molecule has 6 nitrogen and oxygen atoms in total. The number of hydrogen-bond acceptors (Lipinski definition) is 4. The molecule has 0 saturated heterocycles. The van der Waals surface area contributed by atoms with Gasteiger partial charge in [0.1, 0.15) is 12.3 Å². The Morgan fingerprint density at radius 1 is 1.42 bits per heavy atom. The summed E-state index contributed by atoms with van der Waals surface area (Å²) < 4.78 is 5.48. The van der Waals surface area contributed by atoms with Crippen molar-refractivity contribution >= 4 is 17.5 Å². The van der Waals surface area contributed by atoms with Gasteiger partial charge in [-0.3, -0.25) is 14.5 Å². The fraction of sp³-hybridized carbons (Fsp3) is 0.385. The molecule has 0 bridgehead atoms. The van der Waals surface area contributed by atoms with E-state index < -0.39 is 0 Å². The average Bonchev–Trinajstić information content (AvgIpc) is 2.57. The average molecular weight is 264 g/mol. The van der Waals surface area contributed by atoms with Crippen LogP contribution in [0.5, 0.6) is 5.75 Å². The molecule has 0 saturated carbocycles. The number of fused-ring (bicyclic) bond motifs is 1. The largest absolute Gasteiger partial charge is 0.491 e. The number of nitrogens with zero attached hydrogens (tertiary/aromatic N) is 1. The van der Waals surface area contributed by atoms with E-state index in [0.717, 1.165) is 0 Å². The van der Waals surface area contributed by atoms with Crippen LogP contribution < -0.4 is 15.0 Å². The van der Waals surface area contributed by atoms with Gasteiger partial charge in [-0.1, -0.05) is 12.1 Å². The summed E-state index contributed by atoms with van der Waals surface area (Å²) in [6.07, 6.45) is 0.238. The van der Waals surface area contributed by atoms with Gasteiger partial charge >= 0.3 is 0 Å². The van der Waals surface area contributed by atoms with E-state index in [1.165, 1.54) is 4.90 Å². The summed E-state index contributed by atoms with van der Waals surface area (Å²) in [5.41, 5.74) is 0.601. The number of para-hydroxylation sites is 2. The number of aliphatic hydroxyl groups is 1.